The zero-order valence-electron chi connectivity index (χ0n) is 4.53. The van der Waals surface area contributed by atoms with E-state index in [1.165, 1.54) is 17.9 Å². The fourth-order valence-electron chi connectivity index (χ4n) is 0.382. The van der Waals surface area contributed by atoms with Crippen molar-refractivity contribution in [3.8, 4) is 0 Å². The van der Waals surface area contributed by atoms with Gasteiger partial charge in [-0.15, -0.1) is 0 Å². The lowest BCUT2D eigenvalue weighted by Gasteiger charge is -1.93. The molecule has 3 nitrogen and oxygen atoms in total. The molecule has 0 aliphatic heterocycles. The van der Waals surface area contributed by atoms with Crippen LogP contribution in [0.4, 0.5) is 0 Å². The number of rotatable bonds is 1. The van der Waals surface area contributed by atoms with Crippen LogP contribution < -0.4 is 5.73 Å². The minimum atomic E-state index is 0.0301. The smallest absolute Gasteiger partial charge is 0.130 e. The average molecular weight is 129 g/mol. The molecule has 1 rings (SSSR count). The summed E-state index contributed by atoms with van der Waals surface area (Å²) in [6.45, 7) is 1.89. The van der Waals surface area contributed by atoms with Crippen LogP contribution in [0.25, 0.3) is 0 Å². The molecule has 1 aromatic heterocycles. The van der Waals surface area contributed by atoms with Crippen LogP contribution in [-0.2, 0) is 0 Å². The van der Waals surface area contributed by atoms with Crippen molar-refractivity contribution in [1.29, 1.82) is 0 Å². The van der Waals surface area contributed by atoms with Gasteiger partial charge in [0.2, 0.25) is 0 Å². The predicted octanol–water partition coefficient (Wildman–Crippen LogP) is 0.558. The zero-order valence-corrected chi connectivity index (χ0v) is 5.35. The van der Waals surface area contributed by atoms with Crippen molar-refractivity contribution >= 4 is 11.5 Å². The van der Waals surface area contributed by atoms with Crippen LogP contribution in [0.5, 0.6) is 0 Å². The molecule has 2 N–H and O–H groups in total. The summed E-state index contributed by atoms with van der Waals surface area (Å²) in [5.41, 5.74) is 5.47. The van der Waals surface area contributed by atoms with Crippen molar-refractivity contribution in [3.05, 3.63) is 11.3 Å². The highest BCUT2D eigenvalue weighted by molar-refractivity contribution is 7.05. The maximum Gasteiger partial charge on any atom is 0.130 e. The van der Waals surface area contributed by atoms with Gasteiger partial charge in [0.05, 0.1) is 6.04 Å². The standard InChI is InChI=1S/C4H7N3S/c1-3(5)4-6-2-7-8-4/h2-3H,5H2,1H3/t3-/m0/s1. The molecular formula is C4H7N3S. The molecule has 0 fully saturated rings. The molecule has 0 bridgehead atoms. The topological polar surface area (TPSA) is 51.8 Å². The van der Waals surface area contributed by atoms with E-state index in [0.717, 1.165) is 5.01 Å². The molecule has 1 aromatic rings. The van der Waals surface area contributed by atoms with Gasteiger partial charge >= 0.3 is 0 Å². The van der Waals surface area contributed by atoms with Gasteiger partial charge in [0, 0.05) is 0 Å². The minimum Gasteiger partial charge on any atom is -0.322 e. The van der Waals surface area contributed by atoms with E-state index in [-0.39, 0.29) is 6.04 Å². The Morgan fingerprint density at radius 2 is 2.62 bits per heavy atom. The van der Waals surface area contributed by atoms with Crippen molar-refractivity contribution in [2.45, 2.75) is 13.0 Å². The number of nitrogens with zero attached hydrogens (tertiary/aromatic N) is 2. The third kappa shape index (κ3) is 1.02. The second kappa shape index (κ2) is 2.19. The highest BCUT2D eigenvalue weighted by Crippen LogP contribution is 2.07. The van der Waals surface area contributed by atoms with E-state index in [1.54, 1.807) is 0 Å². The zero-order chi connectivity index (χ0) is 5.98. The van der Waals surface area contributed by atoms with Crippen molar-refractivity contribution in [2.24, 2.45) is 5.73 Å². The summed E-state index contributed by atoms with van der Waals surface area (Å²) in [7, 11) is 0. The Kier molecular flexibility index (Phi) is 1.55. The molecule has 0 aromatic carbocycles. The lowest BCUT2D eigenvalue weighted by atomic mass is 10.4. The molecular weight excluding hydrogens is 122 g/mol. The van der Waals surface area contributed by atoms with Crippen LogP contribution in [0.2, 0.25) is 0 Å². The summed E-state index contributed by atoms with van der Waals surface area (Å²) in [6.07, 6.45) is 1.52. The van der Waals surface area contributed by atoms with E-state index in [9.17, 15) is 0 Å². The normalized spacial score (nSPS) is 13.8. The molecule has 44 valence electrons. The van der Waals surface area contributed by atoms with Gasteiger partial charge in [-0.3, -0.25) is 0 Å². The van der Waals surface area contributed by atoms with E-state index < -0.39 is 0 Å². The molecule has 0 saturated heterocycles. The van der Waals surface area contributed by atoms with Gasteiger partial charge in [-0.1, -0.05) is 0 Å². The lowest BCUT2D eigenvalue weighted by molar-refractivity contribution is 0.806. The van der Waals surface area contributed by atoms with Crippen LogP contribution in [0.3, 0.4) is 0 Å². The monoisotopic (exact) mass is 129 g/mol. The molecule has 0 spiro atoms. The third-order valence-electron chi connectivity index (χ3n) is 0.768. The summed E-state index contributed by atoms with van der Waals surface area (Å²) >= 11 is 1.34. The van der Waals surface area contributed by atoms with Crippen molar-refractivity contribution in [1.82, 2.24) is 9.36 Å². The Bertz CT molecular complexity index is 146. The van der Waals surface area contributed by atoms with Gasteiger partial charge in [-0.05, 0) is 18.5 Å². The summed E-state index contributed by atoms with van der Waals surface area (Å²) in [5, 5.41) is 0.894. The second-order valence-electron chi connectivity index (χ2n) is 1.57. The average Bonchev–Trinajstić information content (AvgIpc) is 2.12. The molecule has 0 saturated carbocycles. The molecule has 1 heterocycles. The van der Waals surface area contributed by atoms with Gasteiger partial charge in [0.25, 0.3) is 0 Å². The van der Waals surface area contributed by atoms with E-state index >= 15 is 0 Å². The lowest BCUT2D eigenvalue weighted by Crippen LogP contribution is -2.03. The quantitative estimate of drug-likeness (QED) is 0.602. The maximum absolute atomic E-state index is 5.47. The van der Waals surface area contributed by atoms with E-state index in [0.29, 0.717) is 0 Å². The van der Waals surface area contributed by atoms with E-state index in [2.05, 4.69) is 9.36 Å². The van der Waals surface area contributed by atoms with Crippen molar-refractivity contribution in [2.75, 3.05) is 0 Å². The molecule has 0 radical (unpaired) electrons. The maximum atomic E-state index is 5.47. The van der Waals surface area contributed by atoms with Crippen LogP contribution in [0, 0.1) is 0 Å². The number of hydrogen-bond donors (Lipinski definition) is 1. The van der Waals surface area contributed by atoms with E-state index in [4.69, 9.17) is 5.73 Å². The fraction of sp³-hybridized carbons (Fsp3) is 0.500. The SMILES string of the molecule is C[C@H](N)c1ncns1. The van der Waals surface area contributed by atoms with E-state index in [1.807, 2.05) is 6.92 Å². The number of nitrogens with two attached hydrogens (primary N) is 1. The summed E-state index contributed by atoms with van der Waals surface area (Å²) in [6, 6.07) is 0.0301. The third-order valence-corrected chi connectivity index (χ3v) is 1.63. The van der Waals surface area contributed by atoms with Gasteiger partial charge < -0.3 is 5.73 Å². The Morgan fingerprint density at radius 1 is 1.88 bits per heavy atom. The Balaban J connectivity index is 2.77. The van der Waals surface area contributed by atoms with Gasteiger partial charge in [0.15, 0.2) is 0 Å². The highest BCUT2D eigenvalue weighted by atomic mass is 32.1. The number of aromatic nitrogens is 2. The first-order valence-electron chi connectivity index (χ1n) is 2.33. The molecule has 4 heteroatoms. The predicted molar refractivity (Wildman–Crippen MR) is 32.5 cm³/mol. The second-order valence-corrected chi connectivity index (χ2v) is 2.38. The summed E-state index contributed by atoms with van der Waals surface area (Å²) in [4.78, 5) is 3.90. The highest BCUT2D eigenvalue weighted by Gasteiger charge is 1.99. The van der Waals surface area contributed by atoms with Gasteiger partial charge in [-0.25, -0.2) is 4.98 Å². The number of hydrogen-bond acceptors (Lipinski definition) is 4. The minimum absolute atomic E-state index is 0.0301. The Morgan fingerprint density at radius 3 is 2.88 bits per heavy atom. The molecule has 8 heavy (non-hydrogen) atoms. The van der Waals surface area contributed by atoms with Crippen LogP contribution in [0.1, 0.15) is 18.0 Å². The summed E-state index contributed by atoms with van der Waals surface area (Å²) in [5.74, 6) is 0. The van der Waals surface area contributed by atoms with Crippen LogP contribution in [-0.4, -0.2) is 9.36 Å². The van der Waals surface area contributed by atoms with Crippen molar-refractivity contribution < 1.29 is 0 Å². The Labute approximate surface area is 51.7 Å². The van der Waals surface area contributed by atoms with Gasteiger partial charge in [0.1, 0.15) is 11.3 Å². The van der Waals surface area contributed by atoms with Crippen LogP contribution >= 0.6 is 11.5 Å². The molecule has 0 unspecified atom stereocenters. The Hall–Kier alpha value is -0.480. The molecule has 0 aliphatic rings. The first-order valence-corrected chi connectivity index (χ1v) is 3.10. The molecule has 1 atom stereocenters. The first kappa shape index (κ1) is 5.65. The summed E-state index contributed by atoms with van der Waals surface area (Å²) < 4.78 is 3.79. The van der Waals surface area contributed by atoms with Gasteiger partial charge in [-0.2, -0.15) is 4.37 Å². The van der Waals surface area contributed by atoms with Crippen LogP contribution in [0.15, 0.2) is 6.33 Å². The molecule has 0 aliphatic carbocycles. The molecule has 0 amide bonds. The largest absolute Gasteiger partial charge is 0.322 e. The fourth-order valence-corrected chi connectivity index (χ4v) is 0.845. The first-order chi connectivity index (χ1) is 3.80. The van der Waals surface area contributed by atoms with Crippen molar-refractivity contribution in [3.63, 3.8) is 0 Å².